The molecule has 2 unspecified atom stereocenters. The summed E-state index contributed by atoms with van der Waals surface area (Å²) in [6.45, 7) is 3.97. The third-order valence-electron chi connectivity index (χ3n) is 13.5. The topological polar surface area (TPSA) is 111 Å². The molecule has 0 heterocycles. The first-order valence-electron chi connectivity index (χ1n) is 32.2. The molecule has 0 bridgehead atoms. The van der Waals surface area contributed by atoms with Crippen LogP contribution in [0.15, 0.2) is 122 Å². The molecular formula is C70H120NO8P. The molecule has 0 amide bonds. The highest BCUT2D eigenvalue weighted by molar-refractivity contribution is 7.45. The van der Waals surface area contributed by atoms with Crippen LogP contribution in [0, 0.1) is 0 Å². The molecule has 0 aromatic rings. The quantitative estimate of drug-likeness (QED) is 0.0195. The molecule has 0 aromatic heterocycles. The van der Waals surface area contributed by atoms with Crippen LogP contribution in [0.2, 0.25) is 0 Å². The van der Waals surface area contributed by atoms with Crippen molar-refractivity contribution in [1.82, 2.24) is 0 Å². The van der Waals surface area contributed by atoms with E-state index in [0.29, 0.717) is 17.4 Å². The number of nitrogens with zero attached hydrogens (tertiary/aromatic N) is 1. The molecule has 0 spiro atoms. The Labute approximate surface area is 492 Å². The van der Waals surface area contributed by atoms with E-state index < -0.39 is 32.5 Å². The molecule has 0 rings (SSSR count). The first-order chi connectivity index (χ1) is 39.0. The summed E-state index contributed by atoms with van der Waals surface area (Å²) in [7, 11) is 1.13. The average Bonchev–Trinajstić information content (AvgIpc) is 3.42. The molecule has 0 aliphatic rings. The Balaban J connectivity index is 4.07. The van der Waals surface area contributed by atoms with Crippen LogP contribution in [0.1, 0.15) is 258 Å². The van der Waals surface area contributed by atoms with E-state index in [2.05, 4.69) is 135 Å². The Morgan fingerprint density at radius 1 is 0.388 bits per heavy atom. The number of rotatable bonds is 58. The van der Waals surface area contributed by atoms with Gasteiger partial charge >= 0.3 is 11.9 Å². The fourth-order valence-electron chi connectivity index (χ4n) is 8.59. The van der Waals surface area contributed by atoms with Crippen LogP contribution < -0.4 is 4.89 Å². The summed E-state index contributed by atoms with van der Waals surface area (Å²) < 4.78 is 34.2. The molecule has 80 heavy (non-hydrogen) atoms. The zero-order valence-electron chi connectivity index (χ0n) is 52.0. The van der Waals surface area contributed by atoms with E-state index in [1.54, 1.807) is 0 Å². The highest BCUT2D eigenvalue weighted by atomic mass is 31.2. The number of phosphoric ester groups is 1. The molecule has 9 nitrogen and oxygen atoms in total. The number of quaternary nitrogens is 1. The van der Waals surface area contributed by atoms with Gasteiger partial charge in [-0.1, -0.05) is 264 Å². The maximum absolute atomic E-state index is 12.8. The van der Waals surface area contributed by atoms with Gasteiger partial charge in [-0.3, -0.25) is 14.2 Å². The van der Waals surface area contributed by atoms with Gasteiger partial charge in [-0.2, -0.15) is 0 Å². The highest BCUT2D eigenvalue weighted by Gasteiger charge is 2.22. The minimum atomic E-state index is -4.66. The lowest BCUT2D eigenvalue weighted by Crippen LogP contribution is -2.37. The van der Waals surface area contributed by atoms with Crippen LogP contribution in [0.5, 0.6) is 0 Å². The molecule has 0 saturated heterocycles. The maximum Gasteiger partial charge on any atom is 0.306 e. The summed E-state index contributed by atoms with van der Waals surface area (Å²) in [5, 5.41) is 0. The maximum atomic E-state index is 12.8. The summed E-state index contributed by atoms with van der Waals surface area (Å²) in [5.74, 6) is -0.884. The van der Waals surface area contributed by atoms with Gasteiger partial charge in [0.25, 0.3) is 7.82 Å². The van der Waals surface area contributed by atoms with Crippen molar-refractivity contribution in [3.8, 4) is 0 Å². The van der Waals surface area contributed by atoms with Crippen molar-refractivity contribution < 1.29 is 42.1 Å². The molecule has 0 fully saturated rings. The molecule has 2 atom stereocenters. The van der Waals surface area contributed by atoms with Crippen molar-refractivity contribution in [2.75, 3.05) is 47.5 Å². The third kappa shape index (κ3) is 63.6. The number of phosphoric acid groups is 1. The minimum absolute atomic E-state index is 0.0441. The van der Waals surface area contributed by atoms with Crippen molar-refractivity contribution in [2.24, 2.45) is 0 Å². The highest BCUT2D eigenvalue weighted by Crippen LogP contribution is 2.38. The summed E-state index contributed by atoms with van der Waals surface area (Å²) in [4.78, 5) is 37.9. The van der Waals surface area contributed by atoms with E-state index in [4.69, 9.17) is 18.5 Å². The van der Waals surface area contributed by atoms with Gasteiger partial charge in [0.1, 0.15) is 19.8 Å². The van der Waals surface area contributed by atoms with E-state index in [1.165, 1.54) is 128 Å². The average molecular weight is 1130 g/mol. The monoisotopic (exact) mass is 1130 g/mol. The Bertz CT molecular complexity index is 1760. The Kier molecular flexibility index (Phi) is 57.3. The molecule has 10 heteroatoms. The zero-order valence-corrected chi connectivity index (χ0v) is 52.9. The van der Waals surface area contributed by atoms with E-state index >= 15 is 0 Å². The lowest BCUT2D eigenvalue weighted by molar-refractivity contribution is -0.870. The Morgan fingerprint density at radius 3 is 1.02 bits per heavy atom. The Morgan fingerprint density at radius 2 is 0.675 bits per heavy atom. The summed E-state index contributed by atoms with van der Waals surface area (Å²) in [6.07, 6.45) is 85.7. The van der Waals surface area contributed by atoms with Crippen molar-refractivity contribution in [3.63, 3.8) is 0 Å². The molecular weight excluding hydrogens is 1010 g/mol. The van der Waals surface area contributed by atoms with Crippen molar-refractivity contribution in [2.45, 2.75) is 264 Å². The summed E-state index contributed by atoms with van der Waals surface area (Å²) in [6, 6.07) is 0. The predicted octanol–water partition coefficient (Wildman–Crippen LogP) is 20.1. The second kappa shape index (κ2) is 60.0. The molecule has 0 saturated carbocycles. The largest absolute Gasteiger partial charge is 0.756 e. The number of hydrogen-bond acceptors (Lipinski definition) is 8. The van der Waals surface area contributed by atoms with Gasteiger partial charge in [0, 0.05) is 12.8 Å². The van der Waals surface area contributed by atoms with E-state index in [1.807, 2.05) is 21.1 Å². The smallest absolute Gasteiger partial charge is 0.306 e. The molecule has 0 N–H and O–H groups in total. The number of ether oxygens (including phenoxy) is 2. The molecule has 0 aromatic carbocycles. The number of allylic oxidation sites excluding steroid dienone is 20. The van der Waals surface area contributed by atoms with Crippen LogP contribution in [0.25, 0.3) is 0 Å². The normalized spacial score (nSPS) is 14.0. The second-order valence-electron chi connectivity index (χ2n) is 22.4. The Hall–Kier alpha value is -3.59. The van der Waals surface area contributed by atoms with Gasteiger partial charge in [-0.25, -0.2) is 0 Å². The molecule has 0 aliphatic heterocycles. The lowest BCUT2D eigenvalue weighted by atomic mass is 10.0. The molecule has 0 radical (unpaired) electrons. The van der Waals surface area contributed by atoms with E-state index in [-0.39, 0.29) is 26.1 Å². The minimum Gasteiger partial charge on any atom is -0.756 e. The second-order valence-corrected chi connectivity index (χ2v) is 23.8. The van der Waals surface area contributed by atoms with Crippen LogP contribution in [-0.4, -0.2) is 70.0 Å². The number of unbranched alkanes of at least 4 members (excludes halogenated alkanes) is 24. The summed E-state index contributed by atoms with van der Waals surface area (Å²) in [5.41, 5.74) is 0. The first-order valence-corrected chi connectivity index (χ1v) is 33.7. The number of hydrogen-bond donors (Lipinski definition) is 0. The standard InChI is InChI=1S/C70H120NO8P/c1-6-8-10-12-14-16-18-20-22-24-26-28-29-30-31-32-33-34-35-36-37-38-39-40-41-43-44-46-48-50-52-54-56-58-60-62-69(72)76-66-68(67-78-80(74,75)77-65-64-71(3,4)5)79-70(73)63-61-59-57-55-53-51-49-47-45-42-27-25-23-21-19-17-15-13-11-9-7-2/h8-11,14-17,20-23,26-28,42,47,49,53,55,68H,6-7,12-13,18-19,24-25,29-41,43-46,48,50-52,54,56-67H2,1-5H3/b10-8-,11-9-,16-14-,17-15-,22-20-,23-21-,28-26-,42-27-,49-47-,55-53-. The van der Waals surface area contributed by atoms with Crippen LogP contribution in [0.4, 0.5) is 0 Å². The summed E-state index contributed by atoms with van der Waals surface area (Å²) >= 11 is 0. The van der Waals surface area contributed by atoms with Crippen molar-refractivity contribution >= 4 is 19.8 Å². The third-order valence-corrected chi connectivity index (χ3v) is 14.4. The van der Waals surface area contributed by atoms with Crippen LogP contribution >= 0.6 is 7.82 Å². The van der Waals surface area contributed by atoms with Gasteiger partial charge < -0.3 is 27.9 Å². The zero-order chi connectivity index (χ0) is 58.4. The van der Waals surface area contributed by atoms with Crippen molar-refractivity contribution in [3.05, 3.63) is 122 Å². The van der Waals surface area contributed by atoms with E-state index in [0.717, 1.165) is 96.3 Å². The van der Waals surface area contributed by atoms with Gasteiger partial charge in [0.05, 0.1) is 27.7 Å². The number of carbonyl (C=O) groups is 2. The van der Waals surface area contributed by atoms with Gasteiger partial charge in [-0.05, 0) is 103 Å². The number of carbonyl (C=O) groups excluding carboxylic acids is 2. The van der Waals surface area contributed by atoms with Crippen LogP contribution in [-0.2, 0) is 32.7 Å². The number of esters is 2. The first kappa shape index (κ1) is 76.4. The molecule has 0 aliphatic carbocycles. The number of likely N-dealkylation sites (N-methyl/N-ethyl adjacent to an activating group) is 1. The van der Waals surface area contributed by atoms with E-state index in [9.17, 15) is 19.0 Å². The van der Waals surface area contributed by atoms with Crippen molar-refractivity contribution in [1.29, 1.82) is 0 Å². The molecule has 458 valence electrons. The van der Waals surface area contributed by atoms with Gasteiger partial charge in [0.15, 0.2) is 6.10 Å². The fourth-order valence-corrected chi connectivity index (χ4v) is 9.32. The van der Waals surface area contributed by atoms with Crippen LogP contribution in [0.3, 0.4) is 0 Å². The SMILES string of the molecule is CC/C=C\C/C=C\C/C=C\C/C=C\C/C=C\C/C=C\CCCCC(=O)OC(COC(=O)CCCCCCCCCCCCCCCCCCCCCCCC/C=C\C/C=C\C/C=C\C/C=C\CC)COP(=O)([O-])OCC[N+](C)(C)C. The van der Waals surface area contributed by atoms with Gasteiger partial charge in [-0.15, -0.1) is 0 Å². The van der Waals surface area contributed by atoms with Gasteiger partial charge in [0.2, 0.25) is 0 Å². The predicted molar refractivity (Wildman–Crippen MR) is 341 cm³/mol. The lowest BCUT2D eigenvalue weighted by Gasteiger charge is -2.28. The fraction of sp³-hybridized carbons (Fsp3) is 0.686.